The molecule has 0 saturated heterocycles. The SMILES string of the molecule is CC(C)(C)C(CCO)NCc1c[nH]c2ncccc12. The molecule has 4 nitrogen and oxygen atoms in total. The van der Waals surface area contributed by atoms with Gasteiger partial charge in [0.15, 0.2) is 0 Å². The number of aliphatic hydroxyl groups is 1. The molecular formula is C15H23N3O. The van der Waals surface area contributed by atoms with E-state index in [1.165, 1.54) is 5.56 Å². The van der Waals surface area contributed by atoms with Crippen molar-refractivity contribution < 1.29 is 5.11 Å². The number of aromatic amines is 1. The molecule has 0 spiro atoms. The molecule has 4 heteroatoms. The molecule has 2 rings (SSSR count). The average molecular weight is 261 g/mol. The monoisotopic (exact) mass is 261 g/mol. The van der Waals surface area contributed by atoms with E-state index < -0.39 is 0 Å². The summed E-state index contributed by atoms with van der Waals surface area (Å²) in [7, 11) is 0. The molecule has 0 fully saturated rings. The van der Waals surface area contributed by atoms with Gasteiger partial charge in [-0.3, -0.25) is 0 Å². The molecule has 0 amide bonds. The van der Waals surface area contributed by atoms with Crippen molar-refractivity contribution in [3.8, 4) is 0 Å². The zero-order valence-electron chi connectivity index (χ0n) is 11.9. The van der Waals surface area contributed by atoms with Gasteiger partial charge in [-0.25, -0.2) is 4.98 Å². The summed E-state index contributed by atoms with van der Waals surface area (Å²) in [6, 6.07) is 4.32. The van der Waals surface area contributed by atoms with Crippen LogP contribution in [0.1, 0.15) is 32.8 Å². The Labute approximate surface area is 114 Å². The molecule has 1 atom stereocenters. The smallest absolute Gasteiger partial charge is 0.137 e. The molecule has 0 aromatic carbocycles. The van der Waals surface area contributed by atoms with Crippen LogP contribution in [0.25, 0.3) is 11.0 Å². The number of aromatic nitrogens is 2. The second kappa shape index (κ2) is 5.72. The number of nitrogens with one attached hydrogen (secondary N) is 2. The summed E-state index contributed by atoms with van der Waals surface area (Å²) in [4.78, 5) is 7.47. The van der Waals surface area contributed by atoms with Gasteiger partial charge in [-0.2, -0.15) is 0 Å². The van der Waals surface area contributed by atoms with Gasteiger partial charge in [-0.1, -0.05) is 20.8 Å². The fourth-order valence-corrected chi connectivity index (χ4v) is 2.36. The molecule has 3 N–H and O–H groups in total. The summed E-state index contributed by atoms with van der Waals surface area (Å²) in [5, 5.41) is 13.9. The van der Waals surface area contributed by atoms with Crippen LogP contribution in [0.2, 0.25) is 0 Å². The highest BCUT2D eigenvalue weighted by molar-refractivity contribution is 5.79. The third-order valence-electron chi connectivity index (χ3n) is 3.54. The van der Waals surface area contributed by atoms with Gasteiger partial charge in [-0.05, 0) is 29.5 Å². The van der Waals surface area contributed by atoms with E-state index >= 15 is 0 Å². The lowest BCUT2D eigenvalue weighted by Gasteiger charge is -2.31. The molecule has 0 aliphatic heterocycles. The standard InChI is InChI=1S/C15H23N3O/c1-15(2,3)13(6-8-19)17-9-11-10-18-14-12(11)5-4-7-16-14/h4-5,7,10,13,17,19H,6,8-9H2,1-3H3,(H,16,18). The van der Waals surface area contributed by atoms with E-state index in [4.69, 9.17) is 0 Å². The van der Waals surface area contributed by atoms with Crippen molar-refractivity contribution in [1.29, 1.82) is 0 Å². The maximum Gasteiger partial charge on any atom is 0.137 e. The van der Waals surface area contributed by atoms with Gasteiger partial charge >= 0.3 is 0 Å². The number of nitrogens with zero attached hydrogens (tertiary/aromatic N) is 1. The zero-order chi connectivity index (χ0) is 13.9. The minimum Gasteiger partial charge on any atom is -0.396 e. The first-order valence-corrected chi connectivity index (χ1v) is 6.77. The number of fused-ring (bicyclic) bond motifs is 1. The molecule has 0 saturated carbocycles. The predicted molar refractivity (Wildman–Crippen MR) is 77.9 cm³/mol. The van der Waals surface area contributed by atoms with Gasteiger partial charge in [0.1, 0.15) is 5.65 Å². The highest BCUT2D eigenvalue weighted by Gasteiger charge is 2.23. The van der Waals surface area contributed by atoms with Gasteiger partial charge in [0, 0.05) is 37.0 Å². The molecule has 1 unspecified atom stereocenters. The van der Waals surface area contributed by atoms with E-state index in [9.17, 15) is 5.11 Å². The Bertz CT molecular complexity index is 527. The molecule has 104 valence electrons. The second-order valence-electron chi connectivity index (χ2n) is 6.03. The van der Waals surface area contributed by atoms with Crippen LogP contribution in [-0.4, -0.2) is 27.7 Å². The van der Waals surface area contributed by atoms with Crippen LogP contribution in [0.4, 0.5) is 0 Å². The largest absolute Gasteiger partial charge is 0.396 e. The Kier molecular flexibility index (Phi) is 4.22. The summed E-state index contributed by atoms with van der Waals surface area (Å²) in [6.07, 6.45) is 4.56. The minimum atomic E-state index is 0.132. The topological polar surface area (TPSA) is 60.9 Å². The van der Waals surface area contributed by atoms with Crippen molar-refractivity contribution in [3.63, 3.8) is 0 Å². The van der Waals surface area contributed by atoms with Gasteiger partial charge < -0.3 is 15.4 Å². The van der Waals surface area contributed by atoms with Crippen molar-refractivity contribution in [2.24, 2.45) is 5.41 Å². The number of rotatable bonds is 5. The molecule has 0 aliphatic rings. The highest BCUT2D eigenvalue weighted by atomic mass is 16.3. The van der Waals surface area contributed by atoms with Crippen molar-refractivity contribution >= 4 is 11.0 Å². The molecule has 0 aliphatic carbocycles. The number of pyridine rings is 1. The lowest BCUT2D eigenvalue weighted by molar-refractivity contribution is 0.196. The third kappa shape index (κ3) is 3.33. The average Bonchev–Trinajstić information content (AvgIpc) is 2.76. The molecule has 2 aromatic rings. The molecule has 0 radical (unpaired) electrons. The number of hydrogen-bond donors (Lipinski definition) is 3. The fourth-order valence-electron chi connectivity index (χ4n) is 2.36. The molecule has 2 heterocycles. The summed E-state index contributed by atoms with van der Waals surface area (Å²) < 4.78 is 0. The molecule has 2 aromatic heterocycles. The van der Waals surface area contributed by atoms with Crippen molar-refractivity contribution in [2.75, 3.05) is 6.61 Å². The van der Waals surface area contributed by atoms with Gasteiger partial charge in [0.05, 0.1) is 0 Å². The van der Waals surface area contributed by atoms with Crippen LogP contribution in [0.15, 0.2) is 24.5 Å². The van der Waals surface area contributed by atoms with Gasteiger partial charge in [-0.15, -0.1) is 0 Å². The van der Waals surface area contributed by atoms with Crippen LogP contribution < -0.4 is 5.32 Å². The van der Waals surface area contributed by atoms with Gasteiger partial charge in [0.25, 0.3) is 0 Å². The Balaban J connectivity index is 2.08. The molecule has 0 bridgehead atoms. The van der Waals surface area contributed by atoms with Crippen LogP contribution in [0, 0.1) is 5.41 Å². The van der Waals surface area contributed by atoms with Crippen LogP contribution in [0.3, 0.4) is 0 Å². The molecule has 19 heavy (non-hydrogen) atoms. The lowest BCUT2D eigenvalue weighted by Crippen LogP contribution is -2.40. The van der Waals surface area contributed by atoms with Gasteiger partial charge in [0.2, 0.25) is 0 Å². The zero-order valence-corrected chi connectivity index (χ0v) is 11.9. The lowest BCUT2D eigenvalue weighted by atomic mass is 9.85. The normalized spacial score (nSPS) is 13.9. The first-order chi connectivity index (χ1) is 9.02. The van der Waals surface area contributed by atoms with Crippen molar-refractivity contribution in [2.45, 2.75) is 39.8 Å². The van der Waals surface area contributed by atoms with Crippen LogP contribution in [-0.2, 0) is 6.54 Å². The number of aliphatic hydroxyl groups excluding tert-OH is 1. The number of H-pyrrole nitrogens is 1. The summed E-state index contributed by atoms with van der Waals surface area (Å²) in [5.41, 5.74) is 2.27. The van der Waals surface area contributed by atoms with E-state index in [2.05, 4.69) is 42.1 Å². The first kappa shape index (κ1) is 14.0. The summed E-state index contributed by atoms with van der Waals surface area (Å²) in [6.45, 7) is 7.57. The van der Waals surface area contributed by atoms with E-state index in [-0.39, 0.29) is 12.0 Å². The number of hydrogen-bond acceptors (Lipinski definition) is 3. The summed E-state index contributed by atoms with van der Waals surface area (Å²) in [5.74, 6) is 0. The quantitative estimate of drug-likeness (QED) is 0.774. The maximum absolute atomic E-state index is 9.17. The Morgan fingerprint density at radius 1 is 1.42 bits per heavy atom. The highest BCUT2D eigenvalue weighted by Crippen LogP contribution is 2.23. The van der Waals surface area contributed by atoms with E-state index in [0.29, 0.717) is 6.04 Å². The Hall–Kier alpha value is -1.39. The van der Waals surface area contributed by atoms with Crippen LogP contribution in [0.5, 0.6) is 0 Å². The van der Waals surface area contributed by atoms with E-state index in [0.717, 1.165) is 24.0 Å². The maximum atomic E-state index is 9.17. The predicted octanol–water partition coefficient (Wildman–Crippen LogP) is 2.45. The fraction of sp³-hybridized carbons (Fsp3) is 0.533. The van der Waals surface area contributed by atoms with Crippen molar-refractivity contribution in [1.82, 2.24) is 15.3 Å². The minimum absolute atomic E-state index is 0.132. The third-order valence-corrected chi connectivity index (χ3v) is 3.54. The first-order valence-electron chi connectivity index (χ1n) is 6.77. The Morgan fingerprint density at radius 2 is 2.21 bits per heavy atom. The summed E-state index contributed by atoms with van der Waals surface area (Å²) >= 11 is 0. The Morgan fingerprint density at radius 3 is 2.89 bits per heavy atom. The van der Waals surface area contributed by atoms with Crippen molar-refractivity contribution in [3.05, 3.63) is 30.1 Å². The molecular weight excluding hydrogens is 238 g/mol. The van der Waals surface area contributed by atoms with E-state index in [1.807, 2.05) is 12.3 Å². The second-order valence-corrected chi connectivity index (χ2v) is 6.03. The van der Waals surface area contributed by atoms with Crippen LogP contribution >= 0.6 is 0 Å². The van der Waals surface area contributed by atoms with E-state index in [1.54, 1.807) is 6.20 Å².